The molecule has 4 rings (SSSR count). The summed E-state index contributed by atoms with van der Waals surface area (Å²) in [6, 6.07) is 11.7. The molecule has 1 aromatic carbocycles. The minimum atomic E-state index is 0.148. The van der Waals surface area contributed by atoms with Gasteiger partial charge in [0, 0.05) is 55.3 Å². The van der Waals surface area contributed by atoms with Crippen LogP contribution in [-0.2, 0) is 9.53 Å². The van der Waals surface area contributed by atoms with Gasteiger partial charge in [0.2, 0.25) is 5.91 Å². The topological polar surface area (TPSA) is 76.6 Å². The standard InChI is InChI=1S/C24H28N4O3S2/c1-17(29)28-10-8-18(9-11-28)21-16-33-24(26-21)27-23-22(31-19-6-4-3-5-7-19)14-20(15-25-23)32-13-12-30-2/h3-7,14-16,18H,8-13H2,1-2H3,(H,25,26,27). The van der Waals surface area contributed by atoms with Gasteiger partial charge in [0.15, 0.2) is 16.7 Å². The fourth-order valence-corrected chi connectivity index (χ4v) is 5.25. The smallest absolute Gasteiger partial charge is 0.219 e. The Kier molecular flexibility index (Phi) is 8.20. The zero-order valence-corrected chi connectivity index (χ0v) is 20.5. The van der Waals surface area contributed by atoms with E-state index in [-0.39, 0.29) is 5.91 Å². The molecule has 0 radical (unpaired) electrons. The van der Waals surface area contributed by atoms with Gasteiger partial charge in [-0.2, -0.15) is 0 Å². The van der Waals surface area contributed by atoms with Crippen molar-refractivity contribution < 1.29 is 14.3 Å². The third-order valence-corrected chi connectivity index (χ3v) is 7.16. The fraction of sp³-hybridized carbons (Fsp3) is 0.375. The molecule has 1 aliphatic rings. The molecule has 0 atom stereocenters. The average molecular weight is 485 g/mol. The molecule has 0 aliphatic carbocycles. The van der Waals surface area contributed by atoms with Crippen molar-refractivity contribution in [2.24, 2.45) is 0 Å². The van der Waals surface area contributed by atoms with Gasteiger partial charge < -0.3 is 19.7 Å². The molecular formula is C24H28N4O3S2. The van der Waals surface area contributed by atoms with Crippen molar-refractivity contribution in [1.29, 1.82) is 0 Å². The van der Waals surface area contributed by atoms with Gasteiger partial charge in [-0.05, 0) is 31.0 Å². The Morgan fingerprint density at radius 3 is 2.79 bits per heavy atom. The predicted molar refractivity (Wildman–Crippen MR) is 133 cm³/mol. The van der Waals surface area contributed by atoms with E-state index >= 15 is 0 Å². The first kappa shape index (κ1) is 23.5. The van der Waals surface area contributed by atoms with Crippen molar-refractivity contribution >= 4 is 40.0 Å². The van der Waals surface area contributed by atoms with E-state index < -0.39 is 0 Å². The molecule has 2 aromatic heterocycles. The molecule has 1 fully saturated rings. The number of methoxy groups -OCH3 is 1. The molecule has 1 amide bonds. The van der Waals surface area contributed by atoms with Gasteiger partial charge in [-0.1, -0.05) is 18.2 Å². The Labute approximate surface area is 202 Å². The Morgan fingerprint density at radius 1 is 1.27 bits per heavy atom. The second-order valence-corrected chi connectivity index (χ2v) is 9.78. The molecule has 0 bridgehead atoms. The second kappa shape index (κ2) is 11.5. The number of nitrogens with zero attached hydrogens (tertiary/aromatic N) is 3. The maximum Gasteiger partial charge on any atom is 0.219 e. The van der Waals surface area contributed by atoms with E-state index in [2.05, 4.69) is 15.7 Å². The first-order chi connectivity index (χ1) is 16.1. The van der Waals surface area contributed by atoms with Crippen LogP contribution in [0, 0.1) is 0 Å². The summed E-state index contributed by atoms with van der Waals surface area (Å²) in [5.41, 5.74) is 1.07. The Bertz CT molecular complexity index is 1050. The monoisotopic (exact) mass is 484 g/mol. The summed E-state index contributed by atoms with van der Waals surface area (Å²) in [6.07, 6.45) is 3.72. The summed E-state index contributed by atoms with van der Waals surface area (Å²) >= 11 is 3.23. The molecule has 174 valence electrons. The van der Waals surface area contributed by atoms with E-state index in [1.807, 2.05) is 47.5 Å². The highest BCUT2D eigenvalue weighted by molar-refractivity contribution is 7.99. The lowest BCUT2D eigenvalue weighted by Gasteiger charge is -2.30. The Morgan fingerprint density at radius 2 is 2.06 bits per heavy atom. The molecule has 3 heterocycles. The third kappa shape index (κ3) is 6.46. The first-order valence-electron chi connectivity index (χ1n) is 10.9. The number of thioether (sulfide) groups is 1. The van der Waals surface area contributed by atoms with E-state index in [9.17, 15) is 4.79 Å². The highest BCUT2D eigenvalue weighted by Crippen LogP contribution is 2.36. The molecule has 3 aromatic rings. The molecular weight excluding hydrogens is 456 g/mol. The maximum absolute atomic E-state index is 11.6. The number of anilines is 2. The molecule has 0 unspecified atom stereocenters. The van der Waals surface area contributed by atoms with Crippen LogP contribution in [0.1, 0.15) is 31.4 Å². The minimum absolute atomic E-state index is 0.148. The zero-order valence-electron chi connectivity index (χ0n) is 18.8. The van der Waals surface area contributed by atoms with Gasteiger partial charge in [-0.25, -0.2) is 9.97 Å². The van der Waals surface area contributed by atoms with Gasteiger partial charge >= 0.3 is 0 Å². The number of hydrogen-bond acceptors (Lipinski definition) is 8. The summed E-state index contributed by atoms with van der Waals surface area (Å²) in [7, 11) is 1.70. The molecule has 0 spiro atoms. The van der Waals surface area contributed by atoms with Crippen molar-refractivity contribution in [2.45, 2.75) is 30.6 Å². The van der Waals surface area contributed by atoms with E-state index in [1.165, 1.54) is 0 Å². The quantitative estimate of drug-likeness (QED) is 0.316. The maximum atomic E-state index is 11.6. The lowest BCUT2D eigenvalue weighted by atomic mass is 9.94. The summed E-state index contributed by atoms with van der Waals surface area (Å²) in [4.78, 5) is 23.9. The van der Waals surface area contributed by atoms with Crippen molar-refractivity contribution in [1.82, 2.24) is 14.9 Å². The second-order valence-electron chi connectivity index (χ2n) is 7.76. The van der Waals surface area contributed by atoms with Crippen LogP contribution in [0.5, 0.6) is 11.5 Å². The normalized spacial score (nSPS) is 14.3. The molecule has 9 heteroatoms. The number of pyridine rings is 1. The van der Waals surface area contributed by atoms with Crippen LogP contribution in [0.25, 0.3) is 0 Å². The van der Waals surface area contributed by atoms with Crippen molar-refractivity contribution in [2.75, 3.05) is 37.9 Å². The van der Waals surface area contributed by atoms with Gasteiger partial charge in [0.05, 0.1) is 12.3 Å². The number of ether oxygens (including phenoxy) is 2. The number of hydrogen-bond donors (Lipinski definition) is 1. The van der Waals surface area contributed by atoms with Gasteiger partial charge in [0.25, 0.3) is 0 Å². The zero-order chi connectivity index (χ0) is 23.0. The lowest BCUT2D eigenvalue weighted by molar-refractivity contribution is -0.129. The first-order valence-corrected chi connectivity index (χ1v) is 12.8. The van der Waals surface area contributed by atoms with Crippen LogP contribution >= 0.6 is 23.1 Å². The molecule has 33 heavy (non-hydrogen) atoms. The Balaban J connectivity index is 1.48. The van der Waals surface area contributed by atoms with E-state index in [4.69, 9.17) is 14.5 Å². The summed E-state index contributed by atoms with van der Waals surface area (Å²) < 4.78 is 11.3. The lowest BCUT2D eigenvalue weighted by Crippen LogP contribution is -2.36. The number of likely N-dealkylation sites (tertiary alicyclic amines) is 1. The number of carbonyl (C=O) groups is 1. The number of amides is 1. The van der Waals surface area contributed by atoms with E-state index in [1.54, 1.807) is 37.1 Å². The molecule has 1 aliphatic heterocycles. The minimum Gasteiger partial charge on any atom is -0.453 e. The highest BCUT2D eigenvalue weighted by Gasteiger charge is 2.24. The van der Waals surface area contributed by atoms with Crippen LogP contribution in [0.3, 0.4) is 0 Å². The van der Waals surface area contributed by atoms with Gasteiger partial charge in [0.1, 0.15) is 5.75 Å². The summed E-state index contributed by atoms with van der Waals surface area (Å²) in [5, 5.41) is 6.23. The fourth-order valence-electron chi connectivity index (χ4n) is 3.66. The Hall–Kier alpha value is -2.62. The number of benzene rings is 1. The number of thiazole rings is 1. The molecule has 1 N–H and O–H groups in total. The molecule has 7 nitrogen and oxygen atoms in total. The molecule has 1 saturated heterocycles. The average Bonchev–Trinajstić information content (AvgIpc) is 3.30. The number of carbonyl (C=O) groups excluding carboxylic acids is 1. The van der Waals surface area contributed by atoms with E-state index in [0.717, 1.165) is 53.2 Å². The SMILES string of the molecule is COCCSc1cnc(Nc2nc(C3CCN(C(C)=O)CC3)cs2)c(Oc2ccccc2)c1. The molecule has 0 saturated carbocycles. The van der Waals surface area contributed by atoms with Crippen LogP contribution in [-0.4, -0.2) is 53.3 Å². The largest absolute Gasteiger partial charge is 0.453 e. The highest BCUT2D eigenvalue weighted by atomic mass is 32.2. The van der Waals surface area contributed by atoms with Crippen molar-refractivity contribution in [3.8, 4) is 11.5 Å². The van der Waals surface area contributed by atoms with Gasteiger partial charge in [-0.3, -0.25) is 4.79 Å². The summed E-state index contributed by atoms with van der Waals surface area (Å²) in [6.45, 7) is 3.89. The van der Waals surface area contributed by atoms with Crippen molar-refractivity contribution in [3.63, 3.8) is 0 Å². The van der Waals surface area contributed by atoms with Gasteiger partial charge in [-0.15, -0.1) is 23.1 Å². The van der Waals surface area contributed by atoms with Crippen LogP contribution in [0.2, 0.25) is 0 Å². The number of nitrogens with one attached hydrogen (secondary N) is 1. The predicted octanol–water partition coefficient (Wildman–Crippen LogP) is 5.54. The summed E-state index contributed by atoms with van der Waals surface area (Å²) in [5.74, 6) is 3.39. The van der Waals surface area contributed by atoms with Crippen LogP contribution in [0.4, 0.5) is 10.9 Å². The van der Waals surface area contributed by atoms with Crippen LogP contribution in [0.15, 0.2) is 52.9 Å². The van der Waals surface area contributed by atoms with Crippen molar-refractivity contribution in [3.05, 3.63) is 53.7 Å². The number of piperidine rings is 1. The number of para-hydroxylation sites is 1. The number of rotatable bonds is 9. The van der Waals surface area contributed by atoms with Crippen LogP contribution < -0.4 is 10.1 Å². The van der Waals surface area contributed by atoms with E-state index in [0.29, 0.717) is 24.1 Å². The number of aromatic nitrogens is 2. The third-order valence-electron chi connectivity index (χ3n) is 5.46.